The lowest BCUT2D eigenvalue weighted by Crippen LogP contribution is -2.21. The minimum absolute atomic E-state index is 0.0416. The molecule has 0 saturated carbocycles. The summed E-state index contributed by atoms with van der Waals surface area (Å²) < 4.78 is 5.18. The quantitative estimate of drug-likeness (QED) is 0.835. The Hall–Kier alpha value is -2.14. The molecule has 0 radical (unpaired) electrons. The monoisotopic (exact) mass is 244 g/mol. The Labute approximate surface area is 106 Å². The number of nitrogens with one attached hydrogen (secondary N) is 1. The predicted molar refractivity (Wildman–Crippen MR) is 70.4 cm³/mol. The number of hydrogen-bond donors (Lipinski definition) is 2. The van der Waals surface area contributed by atoms with E-state index in [0.29, 0.717) is 6.54 Å². The third-order valence-electron chi connectivity index (χ3n) is 2.61. The van der Waals surface area contributed by atoms with Gasteiger partial charge in [0.25, 0.3) is 0 Å². The summed E-state index contributed by atoms with van der Waals surface area (Å²) >= 11 is 0. The van der Waals surface area contributed by atoms with Gasteiger partial charge in [-0.3, -0.25) is 0 Å². The van der Waals surface area contributed by atoms with Crippen LogP contribution in [0.15, 0.2) is 42.9 Å². The molecule has 0 aliphatic heterocycles. The number of nitrogens with zero attached hydrogens (tertiary/aromatic N) is 2. The van der Waals surface area contributed by atoms with Gasteiger partial charge in [-0.1, -0.05) is 6.07 Å². The van der Waals surface area contributed by atoms with Crippen LogP contribution in [-0.2, 0) is 0 Å². The van der Waals surface area contributed by atoms with Crippen molar-refractivity contribution in [2.45, 2.75) is 6.04 Å². The SMILES string of the molecule is COc1cccc(NC(CN)c2ccncn2)c1. The summed E-state index contributed by atoms with van der Waals surface area (Å²) in [5, 5.41) is 3.32. The van der Waals surface area contributed by atoms with E-state index in [2.05, 4.69) is 15.3 Å². The highest BCUT2D eigenvalue weighted by atomic mass is 16.5. The molecule has 3 N–H and O–H groups in total. The second kappa shape index (κ2) is 5.97. The zero-order valence-corrected chi connectivity index (χ0v) is 10.2. The molecular formula is C13H16N4O. The first-order valence-electron chi connectivity index (χ1n) is 5.70. The van der Waals surface area contributed by atoms with E-state index in [9.17, 15) is 0 Å². The summed E-state index contributed by atoms with van der Waals surface area (Å²) in [5.74, 6) is 0.804. The molecule has 1 heterocycles. The van der Waals surface area contributed by atoms with Crippen LogP contribution in [0.5, 0.6) is 5.75 Å². The topological polar surface area (TPSA) is 73.1 Å². The van der Waals surface area contributed by atoms with E-state index in [1.165, 1.54) is 6.33 Å². The number of methoxy groups -OCH3 is 1. The molecule has 18 heavy (non-hydrogen) atoms. The first kappa shape index (κ1) is 12.3. The Morgan fingerprint density at radius 1 is 1.39 bits per heavy atom. The van der Waals surface area contributed by atoms with Gasteiger partial charge in [0.2, 0.25) is 0 Å². The summed E-state index contributed by atoms with van der Waals surface area (Å²) in [7, 11) is 1.64. The number of benzene rings is 1. The van der Waals surface area contributed by atoms with E-state index >= 15 is 0 Å². The van der Waals surface area contributed by atoms with Gasteiger partial charge in [0.1, 0.15) is 12.1 Å². The van der Waals surface area contributed by atoms with Gasteiger partial charge in [-0.25, -0.2) is 9.97 Å². The number of ether oxygens (including phenoxy) is 1. The number of hydrogen-bond acceptors (Lipinski definition) is 5. The lowest BCUT2D eigenvalue weighted by atomic mass is 10.2. The van der Waals surface area contributed by atoms with Crippen molar-refractivity contribution in [1.29, 1.82) is 0 Å². The third-order valence-corrected chi connectivity index (χ3v) is 2.61. The molecule has 0 spiro atoms. The number of aromatic nitrogens is 2. The van der Waals surface area contributed by atoms with Crippen LogP contribution in [0.2, 0.25) is 0 Å². The molecule has 94 valence electrons. The molecule has 1 atom stereocenters. The van der Waals surface area contributed by atoms with Crippen molar-refractivity contribution in [2.75, 3.05) is 19.0 Å². The molecule has 0 amide bonds. The molecule has 1 aromatic heterocycles. The lowest BCUT2D eigenvalue weighted by Gasteiger charge is -2.17. The van der Waals surface area contributed by atoms with Gasteiger partial charge in [0, 0.05) is 24.5 Å². The fourth-order valence-electron chi connectivity index (χ4n) is 1.67. The van der Waals surface area contributed by atoms with Gasteiger partial charge in [-0.15, -0.1) is 0 Å². The van der Waals surface area contributed by atoms with Crippen LogP contribution in [0, 0.1) is 0 Å². The molecular weight excluding hydrogens is 228 g/mol. The summed E-state index contributed by atoms with van der Waals surface area (Å²) in [6, 6.07) is 9.52. The highest BCUT2D eigenvalue weighted by Crippen LogP contribution is 2.21. The van der Waals surface area contributed by atoms with E-state index in [4.69, 9.17) is 10.5 Å². The number of nitrogens with two attached hydrogens (primary N) is 1. The first-order chi connectivity index (χ1) is 8.83. The molecule has 0 fully saturated rings. The second-order valence-electron chi connectivity index (χ2n) is 3.80. The third kappa shape index (κ3) is 2.95. The van der Waals surface area contributed by atoms with Gasteiger partial charge >= 0.3 is 0 Å². The normalized spacial score (nSPS) is 11.9. The van der Waals surface area contributed by atoms with Crippen molar-refractivity contribution < 1.29 is 4.74 Å². The Morgan fingerprint density at radius 3 is 2.94 bits per heavy atom. The van der Waals surface area contributed by atoms with Crippen molar-refractivity contribution in [3.05, 3.63) is 48.5 Å². The summed E-state index contributed by atoms with van der Waals surface area (Å²) in [5.41, 5.74) is 7.59. The van der Waals surface area contributed by atoms with Crippen LogP contribution < -0.4 is 15.8 Å². The average Bonchev–Trinajstić information content (AvgIpc) is 2.46. The van der Waals surface area contributed by atoms with E-state index < -0.39 is 0 Å². The minimum Gasteiger partial charge on any atom is -0.497 e. The minimum atomic E-state index is -0.0416. The molecule has 5 nitrogen and oxygen atoms in total. The number of anilines is 1. The maximum absolute atomic E-state index is 5.77. The predicted octanol–water partition coefficient (Wildman–Crippen LogP) is 1.60. The highest BCUT2D eigenvalue weighted by Gasteiger charge is 2.10. The van der Waals surface area contributed by atoms with Gasteiger partial charge in [0.05, 0.1) is 18.8 Å². The number of rotatable bonds is 5. The van der Waals surface area contributed by atoms with Crippen molar-refractivity contribution in [3.63, 3.8) is 0 Å². The van der Waals surface area contributed by atoms with Crippen LogP contribution in [-0.4, -0.2) is 23.6 Å². The molecule has 2 aromatic rings. The molecule has 5 heteroatoms. The zero-order valence-electron chi connectivity index (χ0n) is 10.2. The van der Waals surface area contributed by atoms with Crippen molar-refractivity contribution in [1.82, 2.24) is 9.97 Å². The van der Waals surface area contributed by atoms with Crippen molar-refractivity contribution in [3.8, 4) is 5.75 Å². The van der Waals surface area contributed by atoms with Crippen LogP contribution >= 0.6 is 0 Å². The molecule has 1 aromatic carbocycles. The van der Waals surface area contributed by atoms with Gasteiger partial charge in [0.15, 0.2) is 0 Å². The molecule has 0 aliphatic rings. The van der Waals surface area contributed by atoms with Crippen LogP contribution in [0.1, 0.15) is 11.7 Å². The van der Waals surface area contributed by atoms with E-state index in [0.717, 1.165) is 17.1 Å². The standard InChI is InChI=1S/C13H16N4O/c1-18-11-4-2-3-10(7-11)17-13(8-14)12-5-6-15-9-16-12/h2-7,9,13,17H,8,14H2,1H3. The van der Waals surface area contributed by atoms with Crippen molar-refractivity contribution >= 4 is 5.69 Å². The van der Waals surface area contributed by atoms with E-state index in [1.54, 1.807) is 13.3 Å². The Bertz CT molecular complexity index is 489. The molecule has 2 rings (SSSR count). The Balaban J connectivity index is 2.15. The van der Waals surface area contributed by atoms with Gasteiger partial charge in [-0.2, -0.15) is 0 Å². The highest BCUT2D eigenvalue weighted by molar-refractivity contribution is 5.49. The second-order valence-corrected chi connectivity index (χ2v) is 3.80. The van der Waals surface area contributed by atoms with Crippen LogP contribution in [0.3, 0.4) is 0 Å². The Morgan fingerprint density at radius 2 is 2.28 bits per heavy atom. The van der Waals surface area contributed by atoms with E-state index in [1.807, 2.05) is 30.3 Å². The summed E-state index contributed by atoms with van der Waals surface area (Å²) in [4.78, 5) is 8.10. The van der Waals surface area contributed by atoms with E-state index in [-0.39, 0.29) is 6.04 Å². The summed E-state index contributed by atoms with van der Waals surface area (Å²) in [6.07, 6.45) is 3.23. The van der Waals surface area contributed by atoms with Crippen LogP contribution in [0.25, 0.3) is 0 Å². The fraction of sp³-hybridized carbons (Fsp3) is 0.231. The molecule has 0 aliphatic carbocycles. The Kier molecular flexibility index (Phi) is 4.09. The van der Waals surface area contributed by atoms with Crippen LogP contribution in [0.4, 0.5) is 5.69 Å². The zero-order chi connectivity index (χ0) is 12.8. The van der Waals surface area contributed by atoms with Crippen molar-refractivity contribution in [2.24, 2.45) is 5.73 Å². The molecule has 0 bridgehead atoms. The molecule has 1 unspecified atom stereocenters. The van der Waals surface area contributed by atoms with Gasteiger partial charge in [-0.05, 0) is 18.2 Å². The first-order valence-corrected chi connectivity index (χ1v) is 5.70. The van der Waals surface area contributed by atoms with Gasteiger partial charge < -0.3 is 15.8 Å². The molecule has 0 saturated heterocycles. The fourth-order valence-corrected chi connectivity index (χ4v) is 1.67. The smallest absolute Gasteiger partial charge is 0.120 e. The lowest BCUT2D eigenvalue weighted by molar-refractivity contribution is 0.415. The maximum atomic E-state index is 5.77. The summed E-state index contributed by atoms with van der Waals surface area (Å²) in [6.45, 7) is 0.453. The average molecular weight is 244 g/mol. The largest absolute Gasteiger partial charge is 0.497 e. The maximum Gasteiger partial charge on any atom is 0.120 e.